The van der Waals surface area contributed by atoms with Gasteiger partial charge in [-0.1, -0.05) is 0 Å². The molecule has 1 amide bonds. The van der Waals surface area contributed by atoms with Crippen molar-refractivity contribution in [3.05, 3.63) is 34.5 Å². The molecule has 0 unspecified atom stereocenters. The quantitative estimate of drug-likeness (QED) is 0.708. The number of aromatic nitrogens is 2. The minimum absolute atomic E-state index is 0.0234. The van der Waals surface area contributed by atoms with Crippen LogP contribution < -0.4 is 10.6 Å². The Labute approximate surface area is 126 Å². The number of benzene rings is 1. The van der Waals surface area contributed by atoms with E-state index < -0.39 is 0 Å². The Hall–Kier alpha value is -1.69. The zero-order valence-electron chi connectivity index (χ0n) is 10.7. The van der Waals surface area contributed by atoms with Crippen molar-refractivity contribution in [2.75, 3.05) is 10.6 Å². The van der Waals surface area contributed by atoms with E-state index in [-0.39, 0.29) is 20.9 Å². The summed E-state index contributed by atoms with van der Waals surface area (Å²) in [5, 5.41) is 8.18. The van der Waals surface area contributed by atoms with Crippen LogP contribution in [0.4, 0.5) is 11.4 Å². The Bertz CT molecular complexity index is 752. The van der Waals surface area contributed by atoms with Crippen molar-refractivity contribution in [2.24, 2.45) is 0 Å². The summed E-state index contributed by atoms with van der Waals surface area (Å²) >= 11 is 1.59. The molecule has 20 heavy (non-hydrogen) atoms. The van der Waals surface area contributed by atoms with Gasteiger partial charge in [0, 0.05) is 0 Å². The summed E-state index contributed by atoms with van der Waals surface area (Å²) in [4.78, 5) is 12.2. The summed E-state index contributed by atoms with van der Waals surface area (Å²) in [7, 11) is 0. The summed E-state index contributed by atoms with van der Waals surface area (Å²) in [6.45, 7) is 2.17. The van der Waals surface area contributed by atoms with Gasteiger partial charge in [0.1, 0.15) is 0 Å². The Morgan fingerprint density at radius 3 is 3.05 bits per heavy atom. The van der Waals surface area contributed by atoms with Crippen LogP contribution in [0.3, 0.4) is 0 Å². The summed E-state index contributed by atoms with van der Waals surface area (Å²) in [6, 6.07) is 7.88. The molecule has 0 radical (unpaired) electrons. The number of nitrogens with zero attached hydrogens (tertiary/aromatic N) is 2. The molecular formula is C13H12N4OSSe. The molecule has 0 bridgehead atoms. The van der Waals surface area contributed by atoms with Gasteiger partial charge in [-0.2, -0.15) is 0 Å². The van der Waals surface area contributed by atoms with E-state index in [9.17, 15) is 4.79 Å². The minimum atomic E-state index is -0.0539. The van der Waals surface area contributed by atoms with Crippen LogP contribution in [0.25, 0.3) is 11.0 Å². The van der Waals surface area contributed by atoms with Crippen molar-refractivity contribution in [1.29, 1.82) is 0 Å². The van der Waals surface area contributed by atoms with E-state index in [4.69, 9.17) is 0 Å². The first-order valence-electron chi connectivity index (χ1n) is 6.03. The zero-order chi connectivity index (χ0) is 13.9. The number of rotatable bonds is 4. The van der Waals surface area contributed by atoms with Gasteiger partial charge in [-0.25, -0.2) is 0 Å². The molecule has 3 rings (SSSR count). The van der Waals surface area contributed by atoms with Crippen molar-refractivity contribution in [1.82, 2.24) is 7.96 Å². The first kappa shape index (κ1) is 13.3. The molecule has 0 aliphatic rings. The molecule has 5 nitrogen and oxygen atoms in total. The number of amides is 1. The topological polar surface area (TPSA) is 66.9 Å². The van der Waals surface area contributed by atoms with E-state index >= 15 is 0 Å². The predicted octanol–water partition coefficient (Wildman–Crippen LogP) is 2.32. The summed E-state index contributed by atoms with van der Waals surface area (Å²) < 4.78 is 8.80. The van der Waals surface area contributed by atoms with E-state index in [0.717, 1.165) is 27.3 Å². The van der Waals surface area contributed by atoms with Crippen LogP contribution in [0.5, 0.6) is 0 Å². The van der Waals surface area contributed by atoms with Crippen LogP contribution >= 0.6 is 11.3 Å². The Morgan fingerprint density at radius 2 is 2.20 bits per heavy atom. The number of carbonyl (C=O) groups excluding carboxylic acids is 1. The summed E-state index contributed by atoms with van der Waals surface area (Å²) in [5.74, 6) is -0.0539. The van der Waals surface area contributed by atoms with Gasteiger partial charge in [0.2, 0.25) is 0 Å². The number of hydrogen-bond acceptors (Lipinski definition) is 5. The van der Waals surface area contributed by atoms with Gasteiger partial charge in [0.15, 0.2) is 0 Å². The van der Waals surface area contributed by atoms with Gasteiger partial charge in [0.05, 0.1) is 0 Å². The fourth-order valence-electron chi connectivity index (χ4n) is 1.90. The normalized spacial score (nSPS) is 10.7. The number of nitrogens with one attached hydrogen (secondary N) is 2. The van der Waals surface area contributed by atoms with Crippen LogP contribution in [0, 0.1) is 0 Å². The average Bonchev–Trinajstić information content (AvgIpc) is 3.04. The van der Waals surface area contributed by atoms with Gasteiger partial charge in [0.25, 0.3) is 0 Å². The molecule has 2 aromatic heterocycles. The van der Waals surface area contributed by atoms with Crippen LogP contribution in [-0.2, 0) is 11.3 Å². The van der Waals surface area contributed by atoms with Gasteiger partial charge in [-0.05, 0) is 0 Å². The number of carbonyl (C=O) groups is 1. The number of hydrogen-bond donors (Lipinski definition) is 2. The Balaban J connectivity index is 1.78. The third-order valence-electron chi connectivity index (χ3n) is 2.78. The van der Waals surface area contributed by atoms with Crippen molar-refractivity contribution < 1.29 is 4.79 Å². The summed E-state index contributed by atoms with van der Waals surface area (Å²) in [5.41, 5.74) is 3.77. The van der Waals surface area contributed by atoms with Gasteiger partial charge >= 0.3 is 126 Å². The maximum absolute atomic E-state index is 11.1. The molecule has 0 aliphatic carbocycles. The average molecular weight is 351 g/mol. The molecule has 3 aromatic rings. The van der Waals surface area contributed by atoms with Crippen molar-refractivity contribution in [3.8, 4) is 0 Å². The zero-order valence-corrected chi connectivity index (χ0v) is 13.2. The van der Waals surface area contributed by atoms with Crippen molar-refractivity contribution in [3.63, 3.8) is 0 Å². The van der Waals surface area contributed by atoms with E-state index in [0.29, 0.717) is 6.54 Å². The van der Waals surface area contributed by atoms with Crippen LogP contribution in [-0.4, -0.2) is 28.8 Å². The molecule has 0 saturated heterocycles. The fraction of sp³-hybridized carbons (Fsp3) is 0.154. The number of fused-ring (bicyclic) bond motifs is 1. The first-order chi connectivity index (χ1) is 9.74. The second-order valence-corrected chi connectivity index (χ2v) is 6.34. The standard InChI is InChI=1S/C13H12N4OSSe/c1-8(18)15-9-5-6-19-12(9)7-14-10-3-2-4-11-13(10)17-20-16-11/h2-6,14H,7H2,1H3,(H,15,18). The molecule has 0 saturated carbocycles. The molecule has 0 fully saturated rings. The SMILES string of the molecule is CC(=O)Nc1ccsc1CNc1cccc2n[se]nc12. The number of anilines is 2. The molecule has 0 spiro atoms. The summed E-state index contributed by atoms with van der Waals surface area (Å²) in [6.07, 6.45) is 0. The molecule has 1 aromatic carbocycles. The monoisotopic (exact) mass is 352 g/mol. The molecule has 0 aliphatic heterocycles. The van der Waals surface area contributed by atoms with Crippen LogP contribution in [0.2, 0.25) is 0 Å². The van der Waals surface area contributed by atoms with Gasteiger partial charge in [-0.15, -0.1) is 0 Å². The second-order valence-electron chi connectivity index (χ2n) is 4.23. The van der Waals surface area contributed by atoms with Gasteiger partial charge in [-0.3, -0.25) is 0 Å². The van der Waals surface area contributed by atoms with Crippen LogP contribution in [0.1, 0.15) is 11.8 Å². The Kier molecular flexibility index (Phi) is 3.82. The van der Waals surface area contributed by atoms with Gasteiger partial charge < -0.3 is 0 Å². The van der Waals surface area contributed by atoms with E-state index in [1.165, 1.54) is 6.92 Å². The third kappa shape index (κ3) is 2.75. The van der Waals surface area contributed by atoms with Crippen molar-refractivity contribution in [2.45, 2.75) is 13.5 Å². The first-order valence-corrected chi connectivity index (χ1v) is 8.44. The third-order valence-corrected chi connectivity index (χ3v) is 4.84. The second kappa shape index (κ2) is 5.75. The molecule has 2 heterocycles. The molecule has 2 N–H and O–H groups in total. The van der Waals surface area contributed by atoms with E-state index in [1.54, 1.807) is 11.3 Å². The van der Waals surface area contributed by atoms with E-state index in [1.807, 2.05) is 29.6 Å². The predicted molar refractivity (Wildman–Crippen MR) is 82.4 cm³/mol. The maximum atomic E-state index is 11.1. The van der Waals surface area contributed by atoms with Crippen molar-refractivity contribution >= 4 is 54.6 Å². The molecule has 0 atom stereocenters. The van der Waals surface area contributed by atoms with Crippen LogP contribution in [0.15, 0.2) is 29.6 Å². The number of thiophene rings is 1. The Morgan fingerprint density at radius 1 is 1.30 bits per heavy atom. The fourth-order valence-corrected chi connectivity index (χ4v) is 3.83. The molecular weight excluding hydrogens is 339 g/mol. The molecule has 7 heteroatoms. The molecule has 102 valence electrons. The van der Waals surface area contributed by atoms with E-state index in [2.05, 4.69) is 18.6 Å².